The Bertz CT molecular complexity index is 1060. The lowest BCUT2D eigenvalue weighted by molar-refractivity contribution is 0.521. The Hall–Kier alpha value is -2.26. The van der Waals surface area contributed by atoms with Gasteiger partial charge in [0.25, 0.3) is 0 Å². The molecule has 0 unspecified atom stereocenters. The van der Waals surface area contributed by atoms with Crippen LogP contribution in [0.1, 0.15) is 5.56 Å². The van der Waals surface area contributed by atoms with Gasteiger partial charge in [-0.1, -0.05) is 35.9 Å². The molecule has 0 amide bonds. The molecular weight excluding hydrogens is 404 g/mol. The van der Waals surface area contributed by atoms with Gasteiger partial charge in [0.15, 0.2) is 0 Å². The molecule has 0 aliphatic rings. The van der Waals surface area contributed by atoms with E-state index in [1.807, 2.05) is 23.6 Å². The highest BCUT2D eigenvalue weighted by Crippen LogP contribution is 2.26. The summed E-state index contributed by atoms with van der Waals surface area (Å²) in [5.41, 5.74) is 5.34. The number of thiazole rings is 1. The smallest absolute Gasteiger partial charge is 0.242 e. The number of hydrogen-bond donors (Lipinski definition) is 1. The number of hydrazone groups is 1. The average molecular weight is 421 g/mol. The Morgan fingerprint density at radius 3 is 2.59 bits per heavy atom. The second-order valence-corrected chi connectivity index (χ2v) is 9.22. The molecule has 9 heteroatoms. The number of nitrogens with zero attached hydrogens (tertiary/aromatic N) is 3. The molecular formula is C18H17ClN4O2S2. The number of hydrogen-bond acceptors (Lipinski definition) is 6. The zero-order valence-electron chi connectivity index (χ0n) is 14.6. The fourth-order valence-corrected chi connectivity index (χ4v) is 3.98. The Morgan fingerprint density at radius 2 is 1.93 bits per heavy atom. The van der Waals surface area contributed by atoms with Gasteiger partial charge in [-0.3, -0.25) is 5.43 Å². The van der Waals surface area contributed by atoms with Crippen molar-refractivity contribution >= 4 is 44.3 Å². The molecule has 0 atom stereocenters. The second-order valence-electron chi connectivity index (χ2n) is 5.77. The lowest BCUT2D eigenvalue weighted by Crippen LogP contribution is -2.22. The number of halogens is 1. The van der Waals surface area contributed by atoms with Gasteiger partial charge >= 0.3 is 0 Å². The molecule has 3 rings (SSSR count). The first-order valence-electron chi connectivity index (χ1n) is 7.89. The Labute approximate surface area is 167 Å². The van der Waals surface area contributed by atoms with Crippen LogP contribution in [0.15, 0.2) is 63.9 Å². The minimum Gasteiger partial charge on any atom is -0.253 e. The summed E-state index contributed by atoms with van der Waals surface area (Å²) >= 11 is 7.34. The Balaban J connectivity index is 1.70. The number of anilines is 1. The first kappa shape index (κ1) is 19.5. The van der Waals surface area contributed by atoms with E-state index in [4.69, 9.17) is 11.6 Å². The van der Waals surface area contributed by atoms with Gasteiger partial charge in [-0.25, -0.2) is 17.7 Å². The highest BCUT2D eigenvalue weighted by Gasteiger charge is 2.17. The van der Waals surface area contributed by atoms with Gasteiger partial charge in [0, 0.05) is 30.1 Å². The summed E-state index contributed by atoms with van der Waals surface area (Å²) in [6.07, 6.45) is 1.66. The van der Waals surface area contributed by atoms with Crippen molar-refractivity contribution < 1.29 is 8.42 Å². The standard InChI is InChI=1S/C18H17ClN4O2S2/c1-23(2)27(24,25)16-8-6-14(7-9-16)17-12-26-18(21-17)22-20-11-13-4-3-5-15(19)10-13/h3-12H,1-2H3,(H,21,22)/b20-11+. The molecule has 2 aromatic carbocycles. The average Bonchev–Trinajstić information content (AvgIpc) is 3.11. The molecule has 140 valence electrons. The van der Waals surface area contributed by atoms with E-state index in [0.717, 1.165) is 16.8 Å². The lowest BCUT2D eigenvalue weighted by atomic mass is 10.2. The largest absolute Gasteiger partial charge is 0.253 e. The van der Waals surface area contributed by atoms with E-state index >= 15 is 0 Å². The monoisotopic (exact) mass is 420 g/mol. The van der Waals surface area contributed by atoms with Crippen LogP contribution < -0.4 is 5.43 Å². The first-order chi connectivity index (χ1) is 12.9. The summed E-state index contributed by atoms with van der Waals surface area (Å²) in [6.45, 7) is 0. The molecule has 6 nitrogen and oxygen atoms in total. The Kier molecular flexibility index (Phi) is 5.91. The zero-order valence-corrected chi connectivity index (χ0v) is 17.0. The molecule has 0 aliphatic carbocycles. The normalized spacial score (nSPS) is 12.0. The molecule has 1 aromatic heterocycles. The van der Waals surface area contributed by atoms with Crippen LogP contribution in [0.4, 0.5) is 5.13 Å². The van der Waals surface area contributed by atoms with Crippen LogP contribution in [0.3, 0.4) is 0 Å². The summed E-state index contributed by atoms with van der Waals surface area (Å²) in [7, 11) is -0.426. The lowest BCUT2D eigenvalue weighted by Gasteiger charge is -2.11. The SMILES string of the molecule is CN(C)S(=O)(=O)c1ccc(-c2csc(N/N=C/c3cccc(Cl)c3)n2)cc1. The highest BCUT2D eigenvalue weighted by atomic mass is 35.5. The summed E-state index contributed by atoms with van der Waals surface area (Å²) in [5.74, 6) is 0. The van der Waals surface area contributed by atoms with Crippen molar-refractivity contribution in [2.75, 3.05) is 19.5 Å². The van der Waals surface area contributed by atoms with Crippen LogP contribution in [-0.2, 0) is 10.0 Å². The van der Waals surface area contributed by atoms with Crippen LogP contribution in [0.25, 0.3) is 11.3 Å². The van der Waals surface area contributed by atoms with Gasteiger partial charge in [-0.2, -0.15) is 5.10 Å². The maximum atomic E-state index is 12.1. The van der Waals surface area contributed by atoms with E-state index in [2.05, 4.69) is 15.5 Å². The van der Waals surface area contributed by atoms with Crippen LogP contribution in [0, 0.1) is 0 Å². The summed E-state index contributed by atoms with van der Waals surface area (Å²) in [5, 5.41) is 7.32. The molecule has 1 heterocycles. The van der Waals surface area contributed by atoms with Crippen LogP contribution in [0.2, 0.25) is 5.02 Å². The maximum Gasteiger partial charge on any atom is 0.242 e. The van der Waals surface area contributed by atoms with Crippen LogP contribution in [0.5, 0.6) is 0 Å². The van der Waals surface area contributed by atoms with Crippen molar-refractivity contribution in [2.45, 2.75) is 4.90 Å². The predicted octanol–water partition coefficient (Wildman–Crippen LogP) is 4.16. The van der Waals surface area contributed by atoms with Crippen molar-refractivity contribution in [3.8, 4) is 11.3 Å². The predicted molar refractivity (Wildman–Crippen MR) is 111 cm³/mol. The van der Waals surface area contributed by atoms with Gasteiger partial charge in [0.05, 0.1) is 16.8 Å². The molecule has 0 fully saturated rings. The summed E-state index contributed by atoms with van der Waals surface area (Å²) in [6, 6.07) is 14.0. The first-order valence-corrected chi connectivity index (χ1v) is 10.6. The van der Waals surface area contributed by atoms with E-state index in [0.29, 0.717) is 10.2 Å². The molecule has 0 radical (unpaired) electrons. The topological polar surface area (TPSA) is 74.7 Å². The van der Waals surface area contributed by atoms with E-state index in [9.17, 15) is 8.42 Å². The second kappa shape index (κ2) is 8.18. The fraction of sp³-hybridized carbons (Fsp3) is 0.111. The molecule has 0 saturated carbocycles. The third-order valence-electron chi connectivity index (χ3n) is 3.66. The highest BCUT2D eigenvalue weighted by molar-refractivity contribution is 7.89. The molecule has 27 heavy (non-hydrogen) atoms. The van der Waals surface area contributed by atoms with E-state index in [1.165, 1.54) is 29.7 Å². The van der Waals surface area contributed by atoms with E-state index in [-0.39, 0.29) is 4.90 Å². The van der Waals surface area contributed by atoms with Gasteiger partial charge in [0.2, 0.25) is 15.2 Å². The minimum atomic E-state index is -3.44. The van der Waals surface area contributed by atoms with Crippen molar-refractivity contribution in [2.24, 2.45) is 5.10 Å². The maximum absolute atomic E-state index is 12.1. The zero-order chi connectivity index (χ0) is 19.4. The van der Waals surface area contributed by atoms with Gasteiger partial charge in [0.1, 0.15) is 0 Å². The molecule has 0 saturated heterocycles. The minimum absolute atomic E-state index is 0.246. The van der Waals surface area contributed by atoms with E-state index in [1.54, 1.807) is 36.5 Å². The van der Waals surface area contributed by atoms with Gasteiger partial charge in [-0.05, 0) is 29.8 Å². The number of sulfonamides is 1. The van der Waals surface area contributed by atoms with Gasteiger partial charge in [-0.15, -0.1) is 11.3 Å². The number of aromatic nitrogens is 1. The number of benzene rings is 2. The third-order valence-corrected chi connectivity index (χ3v) is 6.47. The summed E-state index contributed by atoms with van der Waals surface area (Å²) < 4.78 is 25.4. The van der Waals surface area contributed by atoms with Crippen LogP contribution >= 0.6 is 22.9 Å². The van der Waals surface area contributed by atoms with Crippen molar-refractivity contribution in [3.05, 3.63) is 64.5 Å². The molecule has 0 spiro atoms. The van der Waals surface area contributed by atoms with Crippen molar-refractivity contribution in [1.82, 2.24) is 9.29 Å². The molecule has 0 aliphatic heterocycles. The fourth-order valence-electron chi connectivity index (χ4n) is 2.22. The van der Waals surface area contributed by atoms with Crippen molar-refractivity contribution in [3.63, 3.8) is 0 Å². The van der Waals surface area contributed by atoms with Crippen molar-refractivity contribution in [1.29, 1.82) is 0 Å². The number of rotatable bonds is 6. The van der Waals surface area contributed by atoms with E-state index < -0.39 is 10.0 Å². The molecule has 3 aromatic rings. The molecule has 1 N–H and O–H groups in total. The quantitative estimate of drug-likeness (QED) is 0.480. The van der Waals surface area contributed by atoms with Crippen LogP contribution in [-0.4, -0.2) is 38.0 Å². The van der Waals surface area contributed by atoms with Gasteiger partial charge < -0.3 is 0 Å². The molecule has 0 bridgehead atoms. The third kappa shape index (κ3) is 4.72. The number of nitrogens with one attached hydrogen (secondary N) is 1. The Morgan fingerprint density at radius 1 is 1.19 bits per heavy atom. The summed E-state index contributed by atoms with van der Waals surface area (Å²) in [4.78, 5) is 4.71.